The molecule has 4 heterocycles. The van der Waals surface area contributed by atoms with Gasteiger partial charge in [0.1, 0.15) is 11.4 Å². The molecule has 0 bridgehead atoms. The Kier molecular flexibility index (Phi) is 5.31. The zero-order valence-corrected chi connectivity index (χ0v) is 19.2. The van der Waals surface area contributed by atoms with E-state index in [9.17, 15) is 9.59 Å². The van der Waals surface area contributed by atoms with Crippen molar-refractivity contribution in [3.8, 4) is 0 Å². The number of hydrogen-bond acceptors (Lipinski definition) is 6. The molecule has 1 aliphatic carbocycles. The fourth-order valence-electron chi connectivity index (χ4n) is 4.87. The highest BCUT2D eigenvalue weighted by Crippen LogP contribution is 2.38. The molecule has 8 heteroatoms. The molecule has 8 nitrogen and oxygen atoms in total. The standard InChI is InChI=1S/C25H29N5O3/c1-25(2,3)33-24(32)28-14-10-17(11-15-28)30-20(18-7-4-5-9-21(18)31)12-16-29-23(30)19-8-6-13-26-22(19)27-29/h4-9,12-13,16-18,20H,10-11,14-15H2,1-3H3. The summed E-state index contributed by atoms with van der Waals surface area (Å²) in [6.45, 7) is 6.85. The molecular formula is C25H29N5O3. The highest BCUT2D eigenvalue weighted by Gasteiger charge is 2.40. The Morgan fingerprint density at radius 2 is 1.94 bits per heavy atom. The molecule has 0 N–H and O–H groups in total. The van der Waals surface area contributed by atoms with E-state index >= 15 is 0 Å². The van der Waals surface area contributed by atoms with Crippen molar-refractivity contribution in [3.63, 3.8) is 0 Å². The lowest BCUT2D eigenvalue weighted by Gasteiger charge is -2.45. The van der Waals surface area contributed by atoms with E-state index < -0.39 is 5.60 Å². The van der Waals surface area contributed by atoms with Gasteiger partial charge in [0, 0.05) is 31.5 Å². The number of fused-ring (bicyclic) bond motifs is 3. The minimum Gasteiger partial charge on any atom is -0.444 e. The summed E-state index contributed by atoms with van der Waals surface area (Å²) in [5.41, 5.74) is 0.162. The SMILES string of the molecule is CC(C)(C)OC(=O)N1CCC(N2c3c4cccnc4nn3C=CC2C2C=CC=CC2=O)CC1. The minimum absolute atomic E-state index is 0.0961. The number of carbonyl (C=O) groups excluding carboxylic acids is 2. The van der Waals surface area contributed by atoms with Crippen LogP contribution in [0.2, 0.25) is 0 Å². The van der Waals surface area contributed by atoms with E-state index in [4.69, 9.17) is 4.74 Å². The normalized spacial score (nSPS) is 23.3. The van der Waals surface area contributed by atoms with Gasteiger partial charge in [-0.1, -0.05) is 18.2 Å². The van der Waals surface area contributed by atoms with Crippen LogP contribution in [0.25, 0.3) is 17.2 Å². The van der Waals surface area contributed by atoms with Gasteiger partial charge >= 0.3 is 6.09 Å². The number of allylic oxidation sites excluding steroid dienone is 3. The number of ether oxygens (including phenoxy) is 1. The molecule has 2 aromatic heterocycles. The molecule has 2 unspecified atom stereocenters. The molecule has 0 spiro atoms. The second-order valence-electron chi connectivity index (χ2n) is 9.75. The third kappa shape index (κ3) is 4.05. The van der Waals surface area contributed by atoms with Gasteiger partial charge in [-0.15, -0.1) is 5.10 Å². The van der Waals surface area contributed by atoms with Crippen LogP contribution in [0.1, 0.15) is 33.6 Å². The van der Waals surface area contributed by atoms with Crippen LogP contribution >= 0.6 is 0 Å². The summed E-state index contributed by atoms with van der Waals surface area (Å²) >= 11 is 0. The highest BCUT2D eigenvalue weighted by atomic mass is 16.6. The van der Waals surface area contributed by atoms with Crippen LogP contribution in [0.15, 0.2) is 48.7 Å². The molecule has 1 amide bonds. The summed E-state index contributed by atoms with van der Waals surface area (Å²) in [7, 11) is 0. The molecule has 2 atom stereocenters. The van der Waals surface area contributed by atoms with E-state index in [0.717, 1.165) is 24.0 Å². The Labute approximate surface area is 193 Å². The fourth-order valence-corrected chi connectivity index (χ4v) is 4.87. The van der Waals surface area contributed by atoms with E-state index in [1.807, 2.05) is 55.9 Å². The van der Waals surface area contributed by atoms with Gasteiger partial charge in [-0.25, -0.2) is 14.5 Å². The number of aromatic nitrogens is 3. The number of piperidine rings is 1. The summed E-state index contributed by atoms with van der Waals surface area (Å²) in [4.78, 5) is 33.9. The third-order valence-corrected chi connectivity index (χ3v) is 6.33. The van der Waals surface area contributed by atoms with E-state index in [2.05, 4.69) is 21.1 Å². The van der Waals surface area contributed by atoms with Gasteiger partial charge in [0.25, 0.3) is 0 Å². The van der Waals surface area contributed by atoms with Crippen molar-refractivity contribution < 1.29 is 14.3 Å². The minimum atomic E-state index is -0.518. The van der Waals surface area contributed by atoms with Crippen LogP contribution in [0.4, 0.5) is 10.6 Å². The average molecular weight is 448 g/mol. The number of amides is 1. The zero-order valence-electron chi connectivity index (χ0n) is 19.2. The summed E-state index contributed by atoms with van der Waals surface area (Å²) in [6, 6.07) is 3.95. The average Bonchev–Trinajstić information content (AvgIpc) is 3.17. The maximum Gasteiger partial charge on any atom is 0.410 e. The number of nitrogens with zero attached hydrogens (tertiary/aromatic N) is 5. The smallest absolute Gasteiger partial charge is 0.410 e. The second-order valence-corrected chi connectivity index (χ2v) is 9.75. The number of rotatable bonds is 2. The summed E-state index contributed by atoms with van der Waals surface area (Å²) in [5.74, 6) is 0.779. The van der Waals surface area contributed by atoms with Gasteiger partial charge in [-0.2, -0.15) is 0 Å². The van der Waals surface area contributed by atoms with Crippen LogP contribution in [-0.4, -0.2) is 62.3 Å². The molecule has 2 aliphatic heterocycles. The predicted octanol–water partition coefficient (Wildman–Crippen LogP) is 3.80. The van der Waals surface area contributed by atoms with Gasteiger partial charge in [0.2, 0.25) is 0 Å². The molecule has 1 saturated heterocycles. The van der Waals surface area contributed by atoms with Crippen LogP contribution in [0, 0.1) is 5.92 Å². The van der Waals surface area contributed by atoms with Gasteiger partial charge in [0.05, 0.1) is 17.3 Å². The van der Waals surface area contributed by atoms with Crippen LogP contribution in [-0.2, 0) is 9.53 Å². The Hall–Kier alpha value is -3.42. The molecule has 172 valence electrons. The Morgan fingerprint density at radius 1 is 1.15 bits per heavy atom. The van der Waals surface area contributed by atoms with Crippen molar-refractivity contribution in [1.82, 2.24) is 19.7 Å². The largest absolute Gasteiger partial charge is 0.444 e. The Balaban J connectivity index is 1.46. The van der Waals surface area contributed by atoms with E-state index in [-0.39, 0.29) is 29.9 Å². The Bertz CT molecular complexity index is 1160. The second kappa shape index (κ2) is 8.17. The molecule has 2 aromatic rings. The topological polar surface area (TPSA) is 80.6 Å². The molecule has 0 saturated carbocycles. The molecular weight excluding hydrogens is 418 g/mol. The first kappa shape index (κ1) is 21.4. The van der Waals surface area contributed by atoms with Crippen LogP contribution in [0.3, 0.4) is 0 Å². The Morgan fingerprint density at radius 3 is 2.67 bits per heavy atom. The predicted molar refractivity (Wildman–Crippen MR) is 127 cm³/mol. The van der Waals surface area contributed by atoms with Gasteiger partial charge in [-0.3, -0.25) is 4.79 Å². The number of hydrogen-bond donors (Lipinski definition) is 0. The number of ketones is 1. The van der Waals surface area contributed by atoms with Crippen molar-refractivity contribution in [3.05, 3.63) is 48.7 Å². The molecule has 1 fully saturated rings. The van der Waals surface area contributed by atoms with E-state index in [0.29, 0.717) is 18.7 Å². The van der Waals surface area contributed by atoms with Gasteiger partial charge in [0.15, 0.2) is 11.4 Å². The number of likely N-dealkylation sites (tertiary alicyclic amines) is 1. The molecule has 33 heavy (non-hydrogen) atoms. The maximum absolute atomic E-state index is 12.8. The first-order valence-electron chi connectivity index (χ1n) is 11.5. The number of pyridine rings is 1. The van der Waals surface area contributed by atoms with Crippen molar-refractivity contribution >= 4 is 34.9 Å². The monoisotopic (exact) mass is 447 g/mol. The third-order valence-electron chi connectivity index (χ3n) is 6.33. The van der Waals surface area contributed by atoms with E-state index in [1.54, 1.807) is 23.2 Å². The molecule has 3 aliphatic rings. The highest BCUT2D eigenvalue weighted by molar-refractivity contribution is 5.97. The summed E-state index contributed by atoms with van der Waals surface area (Å²) in [6.07, 6.45) is 14.4. The van der Waals surface area contributed by atoms with Crippen molar-refractivity contribution in [2.45, 2.75) is 51.3 Å². The van der Waals surface area contributed by atoms with Crippen molar-refractivity contribution in [1.29, 1.82) is 0 Å². The summed E-state index contributed by atoms with van der Waals surface area (Å²) in [5, 5.41) is 5.62. The quantitative estimate of drug-likeness (QED) is 0.697. The first-order chi connectivity index (χ1) is 15.8. The van der Waals surface area contributed by atoms with E-state index in [1.165, 1.54) is 0 Å². The zero-order chi connectivity index (χ0) is 23.2. The van der Waals surface area contributed by atoms with Gasteiger partial charge in [-0.05, 0) is 57.9 Å². The molecule has 5 rings (SSSR count). The number of anilines is 1. The lowest BCUT2D eigenvalue weighted by Crippen LogP contribution is -2.54. The number of carbonyl (C=O) groups is 2. The summed E-state index contributed by atoms with van der Waals surface area (Å²) < 4.78 is 7.43. The fraction of sp³-hybridized carbons (Fsp3) is 0.440. The lowest BCUT2D eigenvalue weighted by molar-refractivity contribution is -0.117. The van der Waals surface area contributed by atoms with Crippen molar-refractivity contribution in [2.24, 2.45) is 5.92 Å². The lowest BCUT2D eigenvalue weighted by atomic mass is 9.87. The maximum atomic E-state index is 12.8. The van der Waals surface area contributed by atoms with Crippen molar-refractivity contribution in [2.75, 3.05) is 18.0 Å². The van der Waals surface area contributed by atoms with Crippen LogP contribution < -0.4 is 4.90 Å². The molecule has 0 aromatic carbocycles. The molecule has 0 radical (unpaired) electrons. The first-order valence-corrected chi connectivity index (χ1v) is 11.5. The van der Waals surface area contributed by atoms with Crippen LogP contribution in [0.5, 0.6) is 0 Å². The van der Waals surface area contributed by atoms with Gasteiger partial charge < -0.3 is 14.5 Å².